The summed E-state index contributed by atoms with van der Waals surface area (Å²) in [4.78, 5) is 18.1. The van der Waals surface area contributed by atoms with E-state index in [-0.39, 0.29) is 30.2 Å². The minimum absolute atomic E-state index is 0.0424. The third kappa shape index (κ3) is 6.09. The summed E-state index contributed by atoms with van der Waals surface area (Å²) in [6.07, 6.45) is 0. The predicted molar refractivity (Wildman–Crippen MR) is 113 cm³/mol. The molecule has 0 saturated carbocycles. The average Bonchev–Trinajstić information content (AvgIpc) is 3.35. The number of carbonyl (C=O) groups excluding carboxylic acids is 1. The fraction of sp³-hybridized carbons (Fsp3) is 0.500. The van der Waals surface area contributed by atoms with Crippen molar-refractivity contribution in [1.82, 2.24) is 9.80 Å². The van der Waals surface area contributed by atoms with Crippen molar-refractivity contribution >= 4 is 17.2 Å². The number of halogens is 1. The molecule has 2 heterocycles. The molecule has 158 valence electrons. The van der Waals surface area contributed by atoms with Crippen LogP contribution in [0.2, 0.25) is 0 Å². The monoisotopic (exact) mass is 420 g/mol. The molecule has 5 nitrogen and oxygen atoms in total. The molecule has 1 fully saturated rings. The first-order valence-corrected chi connectivity index (χ1v) is 10.7. The van der Waals surface area contributed by atoms with Crippen LogP contribution < -0.4 is 0 Å². The number of methoxy groups -OCH3 is 2. The second kappa shape index (κ2) is 10.8. The standard InChI is InChI=1S/C22H29FN2O3S/c1-27-9-8-25(22(26)16-28-2)13-18-12-24(14-20-7-4-10-29-20)15-21(18)17-5-3-6-19(23)11-17/h3-7,10-11,18,21H,8-9,12-16H2,1-2H3/t18-,21+/m1/s1. The van der Waals surface area contributed by atoms with Gasteiger partial charge in [-0.2, -0.15) is 0 Å². The lowest BCUT2D eigenvalue weighted by molar-refractivity contribution is -0.136. The van der Waals surface area contributed by atoms with Crippen molar-refractivity contribution < 1.29 is 18.7 Å². The van der Waals surface area contributed by atoms with Gasteiger partial charge < -0.3 is 14.4 Å². The third-order valence-corrected chi connectivity index (χ3v) is 6.25. The van der Waals surface area contributed by atoms with Gasteiger partial charge in [0.05, 0.1) is 6.61 Å². The second-order valence-electron chi connectivity index (χ2n) is 7.46. The first-order valence-electron chi connectivity index (χ1n) is 9.86. The van der Waals surface area contributed by atoms with Crippen LogP contribution in [-0.2, 0) is 20.8 Å². The molecule has 0 bridgehead atoms. The van der Waals surface area contributed by atoms with Crippen LogP contribution in [0.5, 0.6) is 0 Å². The predicted octanol–water partition coefficient (Wildman–Crippen LogP) is 3.22. The quantitative estimate of drug-likeness (QED) is 0.592. The molecule has 0 radical (unpaired) electrons. The fourth-order valence-corrected chi connectivity index (χ4v) is 4.78. The van der Waals surface area contributed by atoms with Gasteiger partial charge in [-0.25, -0.2) is 4.39 Å². The number of thiophene rings is 1. The Bertz CT molecular complexity index is 771. The highest BCUT2D eigenvalue weighted by Crippen LogP contribution is 2.35. The van der Waals surface area contributed by atoms with Crippen LogP contribution in [0.1, 0.15) is 16.4 Å². The molecule has 2 aromatic rings. The summed E-state index contributed by atoms with van der Waals surface area (Å²) in [5.41, 5.74) is 0.995. The van der Waals surface area contributed by atoms with Crippen LogP contribution in [0, 0.1) is 11.7 Å². The summed E-state index contributed by atoms with van der Waals surface area (Å²) < 4.78 is 24.1. The van der Waals surface area contributed by atoms with Crippen molar-refractivity contribution in [1.29, 1.82) is 0 Å². The lowest BCUT2D eigenvalue weighted by atomic mass is 9.88. The highest BCUT2D eigenvalue weighted by atomic mass is 32.1. The number of nitrogens with zero attached hydrogens (tertiary/aromatic N) is 2. The summed E-state index contributed by atoms with van der Waals surface area (Å²) in [7, 11) is 3.16. The van der Waals surface area contributed by atoms with Crippen molar-refractivity contribution in [2.75, 3.05) is 53.6 Å². The topological polar surface area (TPSA) is 42.0 Å². The zero-order valence-corrected chi connectivity index (χ0v) is 17.9. The molecule has 3 rings (SSSR count). The Labute approximate surface area is 176 Å². The van der Waals surface area contributed by atoms with E-state index in [0.29, 0.717) is 19.7 Å². The fourth-order valence-electron chi connectivity index (χ4n) is 4.03. The first kappa shape index (κ1) is 21.9. The molecule has 2 atom stereocenters. The van der Waals surface area contributed by atoms with Crippen molar-refractivity contribution in [2.24, 2.45) is 5.92 Å². The van der Waals surface area contributed by atoms with Gasteiger partial charge in [-0.05, 0) is 35.1 Å². The molecule has 1 saturated heterocycles. The van der Waals surface area contributed by atoms with Gasteiger partial charge in [-0.15, -0.1) is 11.3 Å². The molecule has 1 aromatic heterocycles. The van der Waals surface area contributed by atoms with Crippen LogP contribution in [0.25, 0.3) is 0 Å². The summed E-state index contributed by atoms with van der Waals surface area (Å²) in [6, 6.07) is 11.1. The van der Waals surface area contributed by atoms with Crippen molar-refractivity contribution in [3.8, 4) is 0 Å². The smallest absolute Gasteiger partial charge is 0.248 e. The summed E-state index contributed by atoms with van der Waals surface area (Å²) in [5.74, 6) is 0.129. The normalized spacial score (nSPS) is 19.6. The minimum atomic E-state index is -0.218. The van der Waals surface area contributed by atoms with Gasteiger partial charge in [0.1, 0.15) is 12.4 Å². The third-order valence-electron chi connectivity index (χ3n) is 5.39. The van der Waals surface area contributed by atoms with Crippen molar-refractivity contribution in [3.05, 3.63) is 58.0 Å². The summed E-state index contributed by atoms with van der Waals surface area (Å²) in [5, 5.41) is 2.09. The second-order valence-corrected chi connectivity index (χ2v) is 8.49. The van der Waals surface area contributed by atoms with Crippen LogP contribution in [0.15, 0.2) is 41.8 Å². The number of hydrogen-bond acceptors (Lipinski definition) is 5. The molecular weight excluding hydrogens is 391 g/mol. The van der Waals surface area contributed by atoms with E-state index in [4.69, 9.17) is 9.47 Å². The lowest BCUT2D eigenvalue weighted by Crippen LogP contribution is -2.41. The Hall–Kier alpha value is -1.80. The van der Waals surface area contributed by atoms with Crippen molar-refractivity contribution in [3.63, 3.8) is 0 Å². The van der Waals surface area contributed by atoms with Gasteiger partial charge in [0, 0.05) is 57.7 Å². The molecular formula is C22H29FN2O3S. The summed E-state index contributed by atoms with van der Waals surface area (Å²) in [6.45, 7) is 4.25. The zero-order chi connectivity index (χ0) is 20.6. The van der Waals surface area contributed by atoms with Gasteiger partial charge in [-0.3, -0.25) is 9.69 Å². The Morgan fingerprint density at radius 3 is 2.79 bits per heavy atom. The van der Waals surface area contributed by atoms with Gasteiger partial charge in [0.25, 0.3) is 0 Å². The molecule has 1 aromatic carbocycles. The number of likely N-dealkylation sites (tertiary alicyclic amines) is 1. The van der Waals surface area contributed by atoms with E-state index >= 15 is 0 Å². The maximum Gasteiger partial charge on any atom is 0.248 e. The highest BCUT2D eigenvalue weighted by molar-refractivity contribution is 7.09. The molecule has 0 aliphatic carbocycles. The Morgan fingerprint density at radius 1 is 1.24 bits per heavy atom. The van der Waals surface area contributed by atoms with E-state index in [2.05, 4.69) is 22.4 Å². The van der Waals surface area contributed by atoms with Crippen LogP contribution in [-0.4, -0.2) is 69.3 Å². The van der Waals surface area contributed by atoms with E-state index < -0.39 is 0 Å². The lowest BCUT2D eigenvalue weighted by Gasteiger charge is -2.28. The van der Waals surface area contributed by atoms with Gasteiger partial charge >= 0.3 is 0 Å². The number of benzene rings is 1. The van der Waals surface area contributed by atoms with Crippen molar-refractivity contribution in [2.45, 2.75) is 12.5 Å². The van der Waals surface area contributed by atoms with Crippen LogP contribution >= 0.6 is 11.3 Å². The largest absolute Gasteiger partial charge is 0.383 e. The molecule has 0 spiro atoms. The number of carbonyl (C=O) groups is 1. The first-order chi connectivity index (χ1) is 14.1. The van der Waals surface area contributed by atoms with E-state index in [9.17, 15) is 9.18 Å². The number of amides is 1. The van der Waals surface area contributed by atoms with Crippen LogP contribution in [0.3, 0.4) is 0 Å². The molecule has 0 unspecified atom stereocenters. The molecule has 1 aliphatic heterocycles. The number of ether oxygens (including phenoxy) is 2. The highest BCUT2D eigenvalue weighted by Gasteiger charge is 2.36. The van der Waals surface area contributed by atoms with E-state index in [1.807, 2.05) is 11.0 Å². The molecule has 1 aliphatic rings. The maximum absolute atomic E-state index is 13.9. The van der Waals surface area contributed by atoms with E-state index in [0.717, 1.165) is 25.2 Å². The SMILES string of the molecule is COCCN(C[C@H]1CN(Cc2cccs2)C[C@H]1c1cccc(F)c1)C(=O)COC. The molecule has 29 heavy (non-hydrogen) atoms. The van der Waals surface area contributed by atoms with Gasteiger partial charge in [-0.1, -0.05) is 18.2 Å². The average molecular weight is 421 g/mol. The van der Waals surface area contributed by atoms with E-state index in [1.54, 1.807) is 30.6 Å². The molecule has 0 N–H and O–H groups in total. The zero-order valence-electron chi connectivity index (χ0n) is 17.1. The maximum atomic E-state index is 13.9. The molecule has 7 heteroatoms. The summed E-state index contributed by atoms with van der Waals surface area (Å²) >= 11 is 1.75. The minimum Gasteiger partial charge on any atom is -0.383 e. The Morgan fingerprint density at radius 2 is 2.10 bits per heavy atom. The van der Waals surface area contributed by atoms with Crippen LogP contribution in [0.4, 0.5) is 4.39 Å². The number of rotatable bonds is 10. The van der Waals surface area contributed by atoms with Gasteiger partial charge in [0.15, 0.2) is 0 Å². The molecule has 1 amide bonds. The number of hydrogen-bond donors (Lipinski definition) is 0. The van der Waals surface area contributed by atoms with Gasteiger partial charge in [0.2, 0.25) is 5.91 Å². The Kier molecular flexibility index (Phi) is 8.18. The van der Waals surface area contributed by atoms with E-state index in [1.165, 1.54) is 18.1 Å². The Balaban J connectivity index is 1.77.